The fourth-order valence-electron chi connectivity index (χ4n) is 6.87. The highest BCUT2D eigenvalue weighted by Crippen LogP contribution is 2.43. The molecule has 0 bridgehead atoms. The molecule has 0 aliphatic heterocycles. The van der Waals surface area contributed by atoms with Crippen LogP contribution >= 0.6 is 0 Å². The van der Waals surface area contributed by atoms with Gasteiger partial charge in [0.2, 0.25) is 0 Å². The van der Waals surface area contributed by atoms with Crippen LogP contribution < -0.4 is 0 Å². The average molecular weight is 635 g/mol. The molecule has 226 valence electrons. The Labute approximate surface area is 285 Å². The Morgan fingerprint density at radius 2 is 0.620 bits per heavy atom. The monoisotopic (exact) mass is 634 g/mol. The van der Waals surface area contributed by atoms with Crippen molar-refractivity contribution in [2.45, 2.75) is 0 Å². The van der Waals surface area contributed by atoms with E-state index in [-0.39, 0.29) is 0 Å². The summed E-state index contributed by atoms with van der Waals surface area (Å²) in [4.78, 5) is 0. The van der Waals surface area contributed by atoms with Gasteiger partial charge in [-0.05, 0) is 78.4 Å². The number of fused-ring (bicyclic) bond motifs is 6. The predicted octanol–water partition coefficient (Wildman–Crippen LogP) is 8.78. The lowest BCUT2D eigenvalue weighted by Crippen LogP contribution is -2.05. The van der Waals surface area contributed by atoms with Gasteiger partial charge in [-0.25, -0.2) is 0 Å². The van der Waals surface area contributed by atoms with E-state index in [1.807, 2.05) is 45.5 Å². The molecule has 8 rings (SSSR count). The molecule has 0 unspecified atom stereocenters. The Morgan fingerprint density at radius 3 is 0.920 bits per heavy atom. The van der Waals surface area contributed by atoms with Gasteiger partial charge in [-0.15, -0.1) is 0 Å². The Balaban J connectivity index is 1.63. The van der Waals surface area contributed by atoms with Gasteiger partial charge in [-0.2, -0.15) is 31.6 Å². The normalized spacial score (nSPS) is 10.7. The second-order valence-corrected chi connectivity index (χ2v) is 11.7. The van der Waals surface area contributed by atoms with Crippen LogP contribution in [0.4, 0.5) is 0 Å². The van der Waals surface area contributed by atoms with Crippen LogP contribution in [0.5, 0.6) is 0 Å². The van der Waals surface area contributed by atoms with Crippen molar-refractivity contribution >= 4 is 43.6 Å². The zero-order valence-corrected chi connectivity index (χ0v) is 26.0. The van der Waals surface area contributed by atoms with Gasteiger partial charge in [-0.1, -0.05) is 36.4 Å². The molecule has 0 radical (unpaired) electrons. The van der Waals surface area contributed by atoms with Crippen LogP contribution in [0.15, 0.2) is 109 Å². The molecule has 2 heterocycles. The Kier molecular flexibility index (Phi) is 6.60. The van der Waals surface area contributed by atoms with Crippen molar-refractivity contribution in [3.05, 3.63) is 143 Å². The first kappa shape index (κ1) is 29.3. The van der Waals surface area contributed by atoms with E-state index < -0.39 is 0 Å². The molecule has 0 N–H and O–H groups in total. The molecule has 8 aromatic rings. The van der Waals surface area contributed by atoms with Crippen LogP contribution in [0, 0.1) is 68.0 Å². The van der Waals surface area contributed by atoms with Crippen LogP contribution in [-0.2, 0) is 0 Å². The van der Waals surface area contributed by atoms with Crippen LogP contribution in [-0.4, -0.2) is 9.13 Å². The highest BCUT2D eigenvalue weighted by Gasteiger charge is 2.24. The molecule has 2 aromatic heterocycles. The Hall–Kier alpha value is -8.14. The maximum atomic E-state index is 10.5. The van der Waals surface area contributed by atoms with Crippen molar-refractivity contribution in [1.29, 1.82) is 31.6 Å². The third kappa shape index (κ3) is 4.33. The lowest BCUT2D eigenvalue weighted by Gasteiger charge is -2.21. The minimum Gasteiger partial charge on any atom is -0.308 e. The third-order valence-electron chi connectivity index (χ3n) is 9.06. The van der Waals surface area contributed by atoms with Gasteiger partial charge >= 0.3 is 0 Å². The van der Waals surface area contributed by atoms with Gasteiger partial charge < -0.3 is 9.13 Å². The molecule has 0 spiro atoms. The molecule has 0 amide bonds. The van der Waals surface area contributed by atoms with E-state index in [2.05, 4.69) is 36.4 Å². The predicted molar refractivity (Wildman–Crippen MR) is 189 cm³/mol. The third-order valence-corrected chi connectivity index (χ3v) is 9.06. The number of aromatic nitrogens is 2. The highest BCUT2D eigenvalue weighted by atomic mass is 15.0. The Morgan fingerprint density at radius 1 is 0.320 bits per heavy atom. The first-order chi connectivity index (χ1) is 24.5. The van der Waals surface area contributed by atoms with Gasteiger partial charge in [0, 0.05) is 27.1 Å². The summed E-state index contributed by atoms with van der Waals surface area (Å²) in [6, 6.07) is 45.9. The number of nitriles is 6. The van der Waals surface area contributed by atoms with E-state index in [0.29, 0.717) is 72.4 Å². The maximum absolute atomic E-state index is 10.5. The largest absolute Gasteiger partial charge is 0.308 e. The summed E-state index contributed by atoms with van der Waals surface area (Å²) < 4.78 is 3.94. The molecule has 8 heteroatoms. The summed E-state index contributed by atoms with van der Waals surface area (Å²) in [5.41, 5.74) is 7.95. The molecule has 50 heavy (non-hydrogen) atoms. The van der Waals surface area contributed by atoms with Gasteiger partial charge in [0.05, 0.1) is 103 Å². The quantitative estimate of drug-likeness (QED) is 0.189. The molecule has 0 saturated carbocycles. The summed E-state index contributed by atoms with van der Waals surface area (Å²) in [5.74, 6) is 0. The lowest BCUT2D eigenvalue weighted by molar-refractivity contribution is 1.13. The van der Waals surface area contributed by atoms with Gasteiger partial charge in [-0.3, -0.25) is 0 Å². The van der Waals surface area contributed by atoms with E-state index in [4.69, 9.17) is 0 Å². The molecule has 0 saturated heterocycles. The number of rotatable bonds is 3. The van der Waals surface area contributed by atoms with Gasteiger partial charge in [0.1, 0.15) is 0 Å². The van der Waals surface area contributed by atoms with Gasteiger partial charge in [0.25, 0.3) is 0 Å². The lowest BCUT2D eigenvalue weighted by atomic mass is 9.97. The van der Waals surface area contributed by atoms with E-state index in [1.165, 1.54) is 0 Å². The first-order valence-electron chi connectivity index (χ1n) is 15.4. The summed E-state index contributed by atoms with van der Waals surface area (Å²) in [6.45, 7) is 0. The van der Waals surface area contributed by atoms with Crippen molar-refractivity contribution in [2.75, 3.05) is 0 Å². The molecule has 0 atom stereocenters. The van der Waals surface area contributed by atoms with E-state index in [0.717, 1.165) is 27.1 Å². The molecule has 0 aliphatic carbocycles. The number of hydrogen-bond acceptors (Lipinski definition) is 6. The second kappa shape index (κ2) is 11.3. The molecule has 8 nitrogen and oxygen atoms in total. The zero-order valence-electron chi connectivity index (χ0n) is 26.0. The fourth-order valence-corrected chi connectivity index (χ4v) is 6.87. The zero-order chi connectivity index (χ0) is 34.5. The Bertz CT molecular complexity index is 2730. The second-order valence-electron chi connectivity index (χ2n) is 11.7. The summed E-state index contributed by atoms with van der Waals surface area (Å²) in [5, 5.41) is 63.2. The van der Waals surface area contributed by atoms with Crippen molar-refractivity contribution < 1.29 is 0 Å². The highest BCUT2D eigenvalue weighted by molar-refractivity contribution is 6.12. The minimum atomic E-state index is 0.332. The van der Waals surface area contributed by atoms with Crippen molar-refractivity contribution in [2.24, 2.45) is 0 Å². The van der Waals surface area contributed by atoms with Crippen molar-refractivity contribution in [3.63, 3.8) is 0 Å². The summed E-state index contributed by atoms with van der Waals surface area (Å²) in [7, 11) is 0. The summed E-state index contributed by atoms with van der Waals surface area (Å²) >= 11 is 0. The summed E-state index contributed by atoms with van der Waals surface area (Å²) in [6.07, 6.45) is 0. The topological polar surface area (TPSA) is 153 Å². The van der Waals surface area contributed by atoms with Crippen LogP contribution in [0.3, 0.4) is 0 Å². The fraction of sp³-hybridized carbons (Fsp3) is 0. The van der Waals surface area contributed by atoms with E-state index in [9.17, 15) is 31.6 Å². The number of nitrogens with zero attached hydrogens (tertiary/aromatic N) is 8. The molecule has 6 aromatic carbocycles. The number of benzene rings is 6. The molecule has 0 fully saturated rings. The standard InChI is InChI=1S/C42H18N8/c43-19-25-1-7-31(8-2-25)42-40(49-36-13-26(20-44)3-9-32(36)33-10-4-27(21-45)14-37(33)49)17-30(24-48)18-41(42)50-38-15-28(22-46)5-11-34(38)35-12-6-29(23-47)16-39(35)50/h1-18H. The minimum absolute atomic E-state index is 0.332. The van der Waals surface area contributed by atoms with E-state index >= 15 is 0 Å². The van der Waals surface area contributed by atoms with Crippen molar-refractivity contribution in [3.8, 4) is 58.9 Å². The van der Waals surface area contributed by atoms with Crippen LogP contribution in [0.25, 0.3) is 66.1 Å². The van der Waals surface area contributed by atoms with Crippen molar-refractivity contribution in [1.82, 2.24) is 9.13 Å². The first-order valence-corrected chi connectivity index (χ1v) is 15.4. The number of hydrogen-bond donors (Lipinski definition) is 0. The average Bonchev–Trinajstić information content (AvgIpc) is 3.67. The van der Waals surface area contributed by atoms with Crippen LogP contribution in [0.1, 0.15) is 33.4 Å². The van der Waals surface area contributed by atoms with E-state index in [1.54, 1.807) is 72.8 Å². The maximum Gasteiger partial charge on any atom is 0.0993 e. The smallest absolute Gasteiger partial charge is 0.0993 e. The van der Waals surface area contributed by atoms with Gasteiger partial charge in [0.15, 0.2) is 0 Å². The molecular formula is C42H18N8. The molecule has 0 aliphatic rings. The SMILES string of the molecule is N#Cc1ccc(-c2c(-n3c4cc(C#N)ccc4c4ccc(C#N)cc43)cc(C#N)cc2-n2c3cc(C#N)ccc3c3ccc(C#N)cc32)cc1. The van der Waals surface area contributed by atoms with Crippen LogP contribution in [0.2, 0.25) is 0 Å². The molecular weight excluding hydrogens is 617 g/mol.